The van der Waals surface area contributed by atoms with E-state index in [0.29, 0.717) is 5.92 Å². The van der Waals surface area contributed by atoms with Gasteiger partial charge in [-0.2, -0.15) is 0 Å². The maximum absolute atomic E-state index is 5.46. The van der Waals surface area contributed by atoms with Crippen molar-refractivity contribution in [3.63, 3.8) is 0 Å². The van der Waals surface area contributed by atoms with Gasteiger partial charge in [-0.25, -0.2) is 0 Å². The fourth-order valence-corrected chi connectivity index (χ4v) is 2.39. The molecule has 3 heteroatoms. The lowest BCUT2D eigenvalue weighted by Crippen LogP contribution is -2.37. The summed E-state index contributed by atoms with van der Waals surface area (Å²) in [6.07, 6.45) is 2.07. The van der Waals surface area contributed by atoms with E-state index < -0.39 is 0 Å². The lowest BCUT2D eigenvalue weighted by Gasteiger charge is -2.32. The highest BCUT2D eigenvalue weighted by molar-refractivity contribution is 5.56. The average molecular weight is 262 g/mol. The van der Waals surface area contributed by atoms with Crippen LogP contribution in [0.4, 0.5) is 5.69 Å². The van der Waals surface area contributed by atoms with Gasteiger partial charge in [-0.1, -0.05) is 34.6 Å². The molecule has 0 saturated carbocycles. The summed E-state index contributed by atoms with van der Waals surface area (Å²) in [5.41, 5.74) is 3.95. The van der Waals surface area contributed by atoms with Crippen LogP contribution >= 0.6 is 0 Å². The van der Waals surface area contributed by atoms with Gasteiger partial charge in [0.1, 0.15) is 0 Å². The Balaban J connectivity index is 2.41. The van der Waals surface area contributed by atoms with Crippen LogP contribution in [-0.2, 0) is 10.2 Å². The van der Waals surface area contributed by atoms with E-state index in [1.165, 1.54) is 16.9 Å². The van der Waals surface area contributed by atoms with Gasteiger partial charge in [0.05, 0.1) is 13.2 Å². The molecule has 0 unspecified atom stereocenters. The smallest absolute Gasteiger partial charge is 0.0642 e. The van der Waals surface area contributed by atoms with Gasteiger partial charge in [0, 0.05) is 36.1 Å². The lowest BCUT2D eigenvalue weighted by molar-refractivity contribution is 0.122. The first-order valence-electron chi connectivity index (χ1n) is 7.22. The summed E-state index contributed by atoms with van der Waals surface area (Å²) >= 11 is 0. The van der Waals surface area contributed by atoms with Crippen molar-refractivity contribution in [3.05, 3.63) is 23.5 Å². The number of anilines is 1. The van der Waals surface area contributed by atoms with Crippen molar-refractivity contribution < 1.29 is 4.74 Å². The van der Waals surface area contributed by atoms with Crippen LogP contribution in [0.3, 0.4) is 0 Å². The second-order valence-electron chi connectivity index (χ2n) is 6.63. The van der Waals surface area contributed by atoms with E-state index in [-0.39, 0.29) is 5.41 Å². The van der Waals surface area contributed by atoms with Crippen molar-refractivity contribution in [3.8, 4) is 0 Å². The highest BCUT2D eigenvalue weighted by Crippen LogP contribution is 2.31. The van der Waals surface area contributed by atoms with Gasteiger partial charge in [0.25, 0.3) is 0 Å². The van der Waals surface area contributed by atoms with Crippen LogP contribution in [0.15, 0.2) is 12.3 Å². The van der Waals surface area contributed by atoms with E-state index in [9.17, 15) is 0 Å². The van der Waals surface area contributed by atoms with E-state index in [1.54, 1.807) is 0 Å². The number of nitrogens with zero attached hydrogens (tertiary/aromatic N) is 2. The predicted octanol–water partition coefficient (Wildman–Crippen LogP) is 3.34. The molecule has 1 aliphatic heterocycles. The molecule has 0 aromatic carbocycles. The van der Waals surface area contributed by atoms with Crippen LogP contribution in [0.1, 0.15) is 51.8 Å². The molecule has 0 atom stereocenters. The topological polar surface area (TPSA) is 25.4 Å². The van der Waals surface area contributed by atoms with E-state index in [1.807, 2.05) is 0 Å². The molecular formula is C16H26N2O. The Bertz CT molecular complexity index is 429. The minimum atomic E-state index is 0.0938. The maximum atomic E-state index is 5.46. The standard InChI is InChI=1S/C16H26N2O/c1-12(2)13-11-17-15(16(3,4)5)10-14(13)18-6-8-19-9-7-18/h10-12H,6-9H2,1-5H3. The summed E-state index contributed by atoms with van der Waals surface area (Å²) in [6.45, 7) is 14.7. The number of aromatic nitrogens is 1. The fraction of sp³-hybridized carbons (Fsp3) is 0.688. The average Bonchev–Trinajstić information content (AvgIpc) is 2.38. The van der Waals surface area contributed by atoms with Crippen molar-refractivity contribution in [2.75, 3.05) is 31.2 Å². The number of ether oxygens (including phenoxy) is 1. The normalized spacial score (nSPS) is 17.1. The van der Waals surface area contributed by atoms with Crippen molar-refractivity contribution in [2.24, 2.45) is 0 Å². The first-order chi connectivity index (χ1) is 8.89. The highest BCUT2D eigenvalue weighted by Gasteiger charge is 2.21. The zero-order valence-electron chi connectivity index (χ0n) is 12.9. The minimum Gasteiger partial charge on any atom is -0.378 e. The largest absolute Gasteiger partial charge is 0.378 e. The molecule has 3 nitrogen and oxygen atoms in total. The van der Waals surface area contributed by atoms with Crippen molar-refractivity contribution in [2.45, 2.75) is 46.0 Å². The quantitative estimate of drug-likeness (QED) is 0.817. The highest BCUT2D eigenvalue weighted by atomic mass is 16.5. The third-order valence-corrected chi connectivity index (χ3v) is 3.65. The van der Waals surface area contributed by atoms with Gasteiger partial charge in [-0.3, -0.25) is 4.98 Å². The Labute approximate surface area is 117 Å². The van der Waals surface area contributed by atoms with Crippen LogP contribution in [0.2, 0.25) is 0 Å². The second kappa shape index (κ2) is 5.49. The number of hydrogen-bond donors (Lipinski definition) is 0. The van der Waals surface area contributed by atoms with Gasteiger partial charge in [0.2, 0.25) is 0 Å². The molecule has 2 rings (SSSR count). The summed E-state index contributed by atoms with van der Waals surface area (Å²) in [5, 5.41) is 0. The van der Waals surface area contributed by atoms with Gasteiger partial charge in [-0.05, 0) is 17.5 Å². The monoisotopic (exact) mass is 262 g/mol. The van der Waals surface area contributed by atoms with Crippen LogP contribution in [-0.4, -0.2) is 31.3 Å². The van der Waals surface area contributed by atoms with E-state index in [0.717, 1.165) is 26.3 Å². The molecular weight excluding hydrogens is 236 g/mol. The van der Waals surface area contributed by atoms with Crippen LogP contribution in [0.5, 0.6) is 0 Å². The molecule has 0 radical (unpaired) electrons. The molecule has 1 aromatic heterocycles. The Morgan fingerprint density at radius 3 is 2.37 bits per heavy atom. The van der Waals surface area contributed by atoms with Crippen LogP contribution in [0.25, 0.3) is 0 Å². The number of rotatable bonds is 2. The summed E-state index contributed by atoms with van der Waals surface area (Å²) in [5.74, 6) is 0.499. The second-order valence-corrected chi connectivity index (χ2v) is 6.63. The van der Waals surface area contributed by atoms with Gasteiger partial charge < -0.3 is 9.64 Å². The van der Waals surface area contributed by atoms with Crippen molar-refractivity contribution in [1.29, 1.82) is 0 Å². The zero-order valence-corrected chi connectivity index (χ0v) is 12.9. The molecule has 1 aromatic rings. The van der Waals surface area contributed by atoms with Crippen molar-refractivity contribution >= 4 is 5.69 Å². The van der Waals surface area contributed by atoms with Gasteiger partial charge in [0.15, 0.2) is 0 Å². The maximum Gasteiger partial charge on any atom is 0.0642 e. The Morgan fingerprint density at radius 2 is 1.84 bits per heavy atom. The van der Waals surface area contributed by atoms with Gasteiger partial charge >= 0.3 is 0 Å². The van der Waals surface area contributed by atoms with Crippen molar-refractivity contribution in [1.82, 2.24) is 4.98 Å². The summed E-state index contributed by atoms with van der Waals surface area (Å²) in [6, 6.07) is 2.28. The zero-order chi connectivity index (χ0) is 14.0. The first-order valence-corrected chi connectivity index (χ1v) is 7.22. The Morgan fingerprint density at radius 1 is 1.21 bits per heavy atom. The molecule has 19 heavy (non-hydrogen) atoms. The molecule has 0 spiro atoms. The number of morpholine rings is 1. The molecule has 0 amide bonds. The van der Waals surface area contributed by atoms with E-state index in [2.05, 4.69) is 56.8 Å². The third kappa shape index (κ3) is 3.27. The summed E-state index contributed by atoms with van der Waals surface area (Å²) < 4.78 is 5.46. The summed E-state index contributed by atoms with van der Waals surface area (Å²) in [4.78, 5) is 7.11. The molecule has 1 aliphatic rings. The fourth-order valence-electron chi connectivity index (χ4n) is 2.39. The van der Waals surface area contributed by atoms with Crippen LogP contribution in [0, 0.1) is 0 Å². The third-order valence-electron chi connectivity index (χ3n) is 3.65. The summed E-state index contributed by atoms with van der Waals surface area (Å²) in [7, 11) is 0. The lowest BCUT2D eigenvalue weighted by atomic mass is 9.90. The SMILES string of the molecule is CC(C)c1cnc(C(C)(C)C)cc1N1CCOCC1. The number of pyridine rings is 1. The number of hydrogen-bond acceptors (Lipinski definition) is 3. The molecule has 0 N–H and O–H groups in total. The van der Waals surface area contributed by atoms with E-state index >= 15 is 0 Å². The van der Waals surface area contributed by atoms with E-state index in [4.69, 9.17) is 4.74 Å². The molecule has 1 fully saturated rings. The molecule has 1 saturated heterocycles. The Hall–Kier alpha value is -1.09. The Kier molecular flexibility index (Phi) is 4.14. The van der Waals surface area contributed by atoms with Gasteiger partial charge in [-0.15, -0.1) is 0 Å². The molecule has 0 aliphatic carbocycles. The molecule has 106 valence electrons. The predicted molar refractivity (Wildman–Crippen MR) is 80.1 cm³/mol. The molecule has 0 bridgehead atoms. The first kappa shape index (κ1) is 14.3. The molecule has 2 heterocycles. The van der Waals surface area contributed by atoms with Crippen LogP contribution < -0.4 is 4.90 Å². The minimum absolute atomic E-state index is 0.0938.